The van der Waals surface area contributed by atoms with Crippen molar-refractivity contribution in [3.63, 3.8) is 0 Å². The number of alkyl halides is 4. The summed E-state index contributed by atoms with van der Waals surface area (Å²) in [5.41, 5.74) is 9.42. The third-order valence-corrected chi connectivity index (χ3v) is 9.94. The molecule has 258 valence electrons. The van der Waals surface area contributed by atoms with Crippen LogP contribution in [0.1, 0.15) is 90.7 Å². The lowest BCUT2D eigenvalue weighted by molar-refractivity contribution is -0.123. The van der Waals surface area contributed by atoms with Crippen molar-refractivity contribution in [2.75, 3.05) is 18.9 Å². The summed E-state index contributed by atoms with van der Waals surface area (Å²) in [6.07, 6.45) is 1.99. The molecule has 0 saturated heterocycles. The molecule has 0 bridgehead atoms. The highest BCUT2D eigenvalue weighted by molar-refractivity contribution is 6.34. The molecule has 1 aromatic carbocycles. The average molecular weight is 701 g/mol. The number of hydrogen-bond acceptors (Lipinski definition) is 8. The number of amides is 2. The molecule has 0 spiro atoms. The Hall–Kier alpha value is -4.46. The number of ether oxygens (including phenoxy) is 2. The Kier molecular flexibility index (Phi) is 7.99. The van der Waals surface area contributed by atoms with E-state index < -0.39 is 46.7 Å². The van der Waals surface area contributed by atoms with Crippen molar-refractivity contribution in [2.24, 2.45) is 10.7 Å². The summed E-state index contributed by atoms with van der Waals surface area (Å²) < 4.78 is 69.8. The largest absolute Gasteiger partial charge is 0.489 e. The van der Waals surface area contributed by atoms with E-state index in [2.05, 4.69) is 20.3 Å². The Morgan fingerprint density at radius 3 is 2.57 bits per heavy atom. The molecule has 10 nitrogen and oxygen atoms in total. The maximum Gasteiger partial charge on any atom is 0.281 e. The molecule has 3 aromatic rings. The first-order valence-electron chi connectivity index (χ1n) is 15.9. The summed E-state index contributed by atoms with van der Waals surface area (Å²) in [4.78, 5) is 38.6. The van der Waals surface area contributed by atoms with Gasteiger partial charge in [0.05, 0.1) is 22.7 Å². The molecule has 5 N–H and O–H groups in total. The van der Waals surface area contributed by atoms with E-state index in [1.807, 2.05) is 0 Å². The zero-order valence-corrected chi connectivity index (χ0v) is 27.1. The molecule has 2 amide bonds. The number of primary amides is 1. The van der Waals surface area contributed by atoms with Crippen LogP contribution in [0.15, 0.2) is 35.5 Å². The lowest BCUT2D eigenvalue weighted by Gasteiger charge is -2.25. The maximum atomic E-state index is 16.2. The van der Waals surface area contributed by atoms with Crippen LogP contribution in [0.2, 0.25) is 5.02 Å². The van der Waals surface area contributed by atoms with E-state index in [-0.39, 0.29) is 82.4 Å². The molecular weight excluding hydrogens is 668 g/mol. The first kappa shape index (κ1) is 33.1. The highest BCUT2D eigenvalue weighted by atomic mass is 35.5. The zero-order chi connectivity index (χ0) is 34.9. The van der Waals surface area contributed by atoms with Crippen LogP contribution >= 0.6 is 11.6 Å². The minimum Gasteiger partial charge on any atom is -0.489 e. The second kappa shape index (κ2) is 11.9. The van der Waals surface area contributed by atoms with Crippen LogP contribution in [-0.4, -0.2) is 58.7 Å². The highest BCUT2D eigenvalue weighted by Crippen LogP contribution is 2.53. The van der Waals surface area contributed by atoms with Gasteiger partial charge in [0.25, 0.3) is 12.3 Å². The Bertz CT molecular complexity index is 1900. The van der Waals surface area contributed by atoms with E-state index in [0.29, 0.717) is 18.4 Å². The highest BCUT2D eigenvalue weighted by Gasteiger charge is 2.53. The van der Waals surface area contributed by atoms with Crippen molar-refractivity contribution >= 4 is 35.3 Å². The number of carbonyl (C=O) groups excluding carboxylic acids is 2. The Morgan fingerprint density at radius 2 is 1.94 bits per heavy atom. The van der Waals surface area contributed by atoms with Crippen molar-refractivity contribution in [3.8, 4) is 22.8 Å². The number of nitrogens with one attached hydrogen (secondary N) is 1. The summed E-state index contributed by atoms with van der Waals surface area (Å²) in [7, 11) is 0. The summed E-state index contributed by atoms with van der Waals surface area (Å²) in [5, 5.41) is 2.41. The normalized spacial score (nSPS) is 22.0. The van der Waals surface area contributed by atoms with Crippen molar-refractivity contribution in [1.82, 2.24) is 15.3 Å². The number of nitrogen functional groups attached to an aromatic ring is 1. The number of nitrogens with zero attached hydrogens (tertiary/aromatic N) is 3. The standard InChI is InChI=1S/C34H33ClF4N6O4/c1-32(31(41)47)15-48-28-20(32)12-22(45-26(28)19-4-9-42-27(24(19)35)29(36)37)21(33(38)5-6-33)14-43-30(46)16-10-17(13-44-34(39)7-8-34)25(40)23(11-16)49-18-2-3-18/h4,9-13,18,21,29H,2-3,5-8,14-15,40H2,1H3,(H2,41,47)(H,43,46)/b44-13+/t21-,32+/m1/s1. The monoisotopic (exact) mass is 700 g/mol. The summed E-state index contributed by atoms with van der Waals surface area (Å²) >= 11 is 6.39. The van der Waals surface area contributed by atoms with Gasteiger partial charge in [-0.1, -0.05) is 11.6 Å². The van der Waals surface area contributed by atoms with Crippen molar-refractivity contribution < 1.29 is 36.6 Å². The molecule has 0 radical (unpaired) electrons. The number of rotatable bonds is 12. The average Bonchev–Trinajstić information content (AvgIpc) is 4.01. The smallest absolute Gasteiger partial charge is 0.281 e. The van der Waals surface area contributed by atoms with Gasteiger partial charge >= 0.3 is 0 Å². The van der Waals surface area contributed by atoms with Gasteiger partial charge in [-0.3, -0.25) is 19.6 Å². The quantitative estimate of drug-likeness (QED) is 0.0922. The predicted molar refractivity (Wildman–Crippen MR) is 173 cm³/mol. The molecule has 15 heteroatoms. The van der Waals surface area contributed by atoms with Crippen LogP contribution in [0.4, 0.5) is 23.2 Å². The van der Waals surface area contributed by atoms with Gasteiger partial charge in [-0.25, -0.2) is 22.5 Å². The van der Waals surface area contributed by atoms with Gasteiger partial charge in [0, 0.05) is 59.7 Å². The third-order valence-electron chi connectivity index (χ3n) is 9.54. The van der Waals surface area contributed by atoms with E-state index in [1.165, 1.54) is 30.5 Å². The Labute approximate surface area is 283 Å². The number of pyridine rings is 2. The fourth-order valence-corrected chi connectivity index (χ4v) is 6.13. The molecule has 3 saturated carbocycles. The second-order valence-electron chi connectivity index (χ2n) is 13.4. The van der Waals surface area contributed by atoms with Crippen molar-refractivity contribution in [3.05, 3.63) is 63.6 Å². The minimum absolute atomic E-state index is 0.0120. The van der Waals surface area contributed by atoms with Gasteiger partial charge < -0.3 is 26.3 Å². The molecule has 2 atom stereocenters. The van der Waals surface area contributed by atoms with Crippen molar-refractivity contribution in [2.45, 2.75) is 80.8 Å². The lowest BCUT2D eigenvalue weighted by atomic mass is 9.82. The van der Waals surface area contributed by atoms with E-state index in [4.69, 9.17) is 32.5 Å². The molecule has 0 unspecified atom stereocenters. The lowest BCUT2D eigenvalue weighted by Crippen LogP contribution is -2.40. The molecule has 7 rings (SSSR count). The minimum atomic E-state index is -2.99. The first-order chi connectivity index (χ1) is 23.2. The number of benzene rings is 1. The van der Waals surface area contributed by atoms with E-state index in [0.717, 1.165) is 19.0 Å². The van der Waals surface area contributed by atoms with Gasteiger partial charge in [0.1, 0.15) is 40.6 Å². The summed E-state index contributed by atoms with van der Waals surface area (Å²) in [5.74, 6) is -3.63. The molecule has 3 aliphatic carbocycles. The Morgan fingerprint density at radius 1 is 1.20 bits per heavy atom. The molecule has 4 aliphatic rings. The third kappa shape index (κ3) is 6.26. The van der Waals surface area contributed by atoms with Gasteiger partial charge in [0.15, 0.2) is 5.79 Å². The second-order valence-corrected chi connectivity index (χ2v) is 13.8. The van der Waals surface area contributed by atoms with Crippen LogP contribution in [-0.2, 0) is 10.2 Å². The van der Waals surface area contributed by atoms with Crippen LogP contribution in [0.3, 0.4) is 0 Å². The number of fused-ring (bicyclic) bond motifs is 1. The van der Waals surface area contributed by atoms with Crippen LogP contribution in [0.25, 0.3) is 11.3 Å². The summed E-state index contributed by atoms with van der Waals surface area (Å²) in [6, 6.07) is 5.83. The number of aromatic nitrogens is 2. The molecule has 49 heavy (non-hydrogen) atoms. The molecule has 2 aromatic heterocycles. The van der Waals surface area contributed by atoms with Crippen molar-refractivity contribution in [1.29, 1.82) is 0 Å². The predicted octanol–water partition coefficient (Wildman–Crippen LogP) is 5.89. The van der Waals surface area contributed by atoms with Crippen LogP contribution in [0, 0.1) is 0 Å². The number of hydrogen-bond donors (Lipinski definition) is 3. The van der Waals surface area contributed by atoms with Gasteiger partial charge in [-0.15, -0.1) is 0 Å². The number of anilines is 1. The fourth-order valence-electron chi connectivity index (χ4n) is 5.85. The number of carbonyl (C=O) groups is 2. The van der Waals surface area contributed by atoms with Gasteiger partial charge in [-0.2, -0.15) is 0 Å². The van der Waals surface area contributed by atoms with E-state index >= 15 is 4.39 Å². The molecule has 3 fully saturated rings. The Balaban J connectivity index is 1.25. The molecule has 1 aliphatic heterocycles. The molecular formula is C34H33ClF4N6O4. The fraction of sp³-hybridized carbons (Fsp3) is 0.441. The molecule has 3 heterocycles. The first-order valence-corrected chi connectivity index (χ1v) is 16.3. The van der Waals surface area contributed by atoms with E-state index in [1.54, 1.807) is 6.92 Å². The van der Waals surface area contributed by atoms with E-state index in [9.17, 15) is 22.8 Å². The van der Waals surface area contributed by atoms with Gasteiger partial charge in [-0.05, 0) is 56.9 Å². The van der Waals surface area contributed by atoms with Crippen LogP contribution < -0.4 is 26.3 Å². The summed E-state index contributed by atoms with van der Waals surface area (Å²) in [6.45, 7) is 1.16. The van der Waals surface area contributed by atoms with Gasteiger partial charge in [0.2, 0.25) is 5.91 Å². The number of nitrogens with two attached hydrogens (primary N) is 2. The number of aliphatic imine (C=N–C) groups is 1. The SMILES string of the molecule is C[C@]1(C(N)=O)COc2c1cc([C@@H](CNC(=O)c1cc(/C=N/C3(F)CC3)c(N)c(OC3CC3)c1)C1(F)CC1)nc2-c1ccnc(C(F)F)c1Cl. The maximum absolute atomic E-state index is 16.2. The zero-order valence-electron chi connectivity index (χ0n) is 26.4. The van der Waals surface area contributed by atoms with Crippen LogP contribution in [0.5, 0.6) is 11.5 Å². The topological polar surface area (TPSA) is 155 Å². The number of halogens is 5.